The zero-order valence-electron chi connectivity index (χ0n) is 8.53. The van der Waals surface area contributed by atoms with Gasteiger partial charge in [-0.25, -0.2) is 0 Å². The van der Waals surface area contributed by atoms with Crippen molar-refractivity contribution < 1.29 is 4.74 Å². The van der Waals surface area contributed by atoms with E-state index in [1.165, 1.54) is 0 Å². The van der Waals surface area contributed by atoms with Gasteiger partial charge in [-0.15, -0.1) is 0 Å². The van der Waals surface area contributed by atoms with Crippen molar-refractivity contribution in [3.63, 3.8) is 0 Å². The molecule has 2 N–H and O–H groups in total. The lowest BCUT2D eigenvalue weighted by atomic mass is 9.85. The molecule has 4 heteroatoms. The van der Waals surface area contributed by atoms with Gasteiger partial charge in [0.05, 0.1) is 17.8 Å². The van der Waals surface area contributed by atoms with E-state index in [-0.39, 0.29) is 5.60 Å². The van der Waals surface area contributed by atoms with E-state index in [0.29, 0.717) is 18.0 Å². The zero-order chi connectivity index (χ0) is 9.92. The summed E-state index contributed by atoms with van der Waals surface area (Å²) in [6.45, 7) is 4.16. The lowest BCUT2D eigenvalue weighted by Crippen LogP contribution is -2.48. The van der Waals surface area contributed by atoms with E-state index >= 15 is 0 Å². The molecule has 0 bridgehead atoms. The van der Waals surface area contributed by atoms with Gasteiger partial charge in [0.25, 0.3) is 0 Å². The van der Waals surface area contributed by atoms with Crippen LogP contribution in [-0.2, 0) is 10.3 Å². The molecular weight excluding hydrogens is 178 g/mol. The number of anilines is 1. The first kappa shape index (κ1) is 8.29. The van der Waals surface area contributed by atoms with Crippen LogP contribution in [0.1, 0.15) is 38.4 Å². The second-order valence-electron chi connectivity index (χ2n) is 4.71. The quantitative estimate of drug-likeness (QED) is 0.678. The smallest absolute Gasteiger partial charge is 0.145 e. The number of rotatable bonds is 0. The van der Waals surface area contributed by atoms with Crippen LogP contribution in [0.25, 0.3) is 0 Å². The van der Waals surface area contributed by atoms with Crippen molar-refractivity contribution in [2.75, 3.05) is 5.73 Å². The highest BCUT2D eigenvalue weighted by atomic mass is 16.5. The van der Waals surface area contributed by atoms with E-state index < -0.39 is 0 Å². The Morgan fingerprint density at radius 3 is 3.00 bits per heavy atom. The normalized spacial score (nSPS) is 33.0. The number of hydrogen-bond acceptors (Lipinski definition) is 3. The summed E-state index contributed by atoms with van der Waals surface area (Å²) < 4.78 is 8.06. The van der Waals surface area contributed by atoms with Crippen LogP contribution in [0.15, 0.2) is 6.07 Å². The minimum atomic E-state index is -0.244. The molecule has 0 aromatic carbocycles. The van der Waals surface area contributed by atoms with Gasteiger partial charge in [-0.3, -0.25) is 4.68 Å². The Morgan fingerprint density at radius 2 is 2.36 bits per heavy atom. The van der Waals surface area contributed by atoms with Crippen LogP contribution >= 0.6 is 0 Å². The monoisotopic (exact) mass is 193 g/mol. The maximum atomic E-state index is 6.00. The highest BCUT2D eigenvalue weighted by Crippen LogP contribution is 2.46. The number of fused-ring (bicyclic) bond motifs is 3. The van der Waals surface area contributed by atoms with Crippen LogP contribution in [0, 0.1) is 0 Å². The Balaban J connectivity index is 2.15. The predicted molar refractivity (Wildman–Crippen MR) is 52.8 cm³/mol. The Bertz CT molecular complexity index is 383. The average Bonchev–Trinajstić information content (AvgIpc) is 2.40. The molecule has 0 radical (unpaired) electrons. The Labute approximate surface area is 83.0 Å². The molecule has 0 unspecified atom stereocenters. The van der Waals surface area contributed by atoms with E-state index in [1.54, 1.807) is 0 Å². The predicted octanol–water partition coefficient (Wildman–Crippen LogP) is 1.43. The first-order chi connectivity index (χ1) is 6.58. The van der Waals surface area contributed by atoms with Gasteiger partial charge in [0, 0.05) is 6.07 Å². The van der Waals surface area contributed by atoms with Crippen molar-refractivity contribution in [2.45, 2.75) is 44.4 Å². The molecule has 1 aromatic rings. The number of nitrogen functional groups attached to an aromatic ring is 1. The number of aromatic nitrogens is 2. The SMILES string of the molecule is CC1(C)O[C@@H]2CC[C@@H]2n2nc(N)cc21. The van der Waals surface area contributed by atoms with E-state index in [4.69, 9.17) is 10.5 Å². The molecule has 3 rings (SSSR count). The molecule has 1 aliphatic carbocycles. The van der Waals surface area contributed by atoms with Gasteiger partial charge < -0.3 is 10.5 Å². The average molecular weight is 193 g/mol. The number of nitrogens with two attached hydrogens (primary N) is 1. The van der Waals surface area contributed by atoms with Gasteiger partial charge in [0.15, 0.2) is 0 Å². The number of ether oxygens (including phenoxy) is 1. The van der Waals surface area contributed by atoms with Crippen molar-refractivity contribution in [3.05, 3.63) is 11.8 Å². The minimum absolute atomic E-state index is 0.244. The van der Waals surface area contributed by atoms with Crippen LogP contribution < -0.4 is 5.73 Å². The van der Waals surface area contributed by atoms with Crippen molar-refractivity contribution >= 4 is 5.82 Å². The maximum Gasteiger partial charge on any atom is 0.145 e. The highest BCUT2D eigenvalue weighted by molar-refractivity contribution is 5.33. The standard InChI is InChI=1S/C10H15N3O/c1-10(2)8-5-9(11)12-13(8)6-3-4-7(6)14-10/h5-7H,3-4H2,1-2H3,(H2,11,12)/t6-,7+/m0/s1. The summed E-state index contributed by atoms with van der Waals surface area (Å²) in [5, 5.41) is 4.34. The molecule has 4 nitrogen and oxygen atoms in total. The first-order valence-electron chi connectivity index (χ1n) is 5.11. The summed E-state index contributed by atoms with van der Waals surface area (Å²) in [4.78, 5) is 0. The van der Waals surface area contributed by atoms with Gasteiger partial charge >= 0.3 is 0 Å². The van der Waals surface area contributed by atoms with Gasteiger partial charge in [0.1, 0.15) is 11.4 Å². The van der Waals surface area contributed by atoms with E-state index in [2.05, 4.69) is 23.6 Å². The molecule has 14 heavy (non-hydrogen) atoms. The second kappa shape index (κ2) is 2.31. The van der Waals surface area contributed by atoms with Crippen molar-refractivity contribution in [1.82, 2.24) is 9.78 Å². The van der Waals surface area contributed by atoms with Crippen molar-refractivity contribution in [3.8, 4) is 0 Å². The first-order valence-corrected chi connectivity index (χ1v) is 5.11. The van der Waals surface area contributed by atoms with Crippen LogP contribution in [0.5, 0.6) is 0 Å². The molecule has 2 heterocycles. The third kappa shape index (κ3) is 0.892. The lowest BCUT2D eigenvalue weighted by molar-refractivity contribution is -0.163. The van der Waals surface area contributed by atoms with Gasteiger partial charge in [0.2, 0.25) is 0 Å². The minimum Gasteiger partial charge on any atom is -0.382 e. The summed E-state index contributed by atoms with van der Waals surface area (Å²) in [5.74, 6) is 0.601. The fourth-order valence-electron chi connectivity index (χ4n) is 2.42. The van der Waals surface area contributed by atoms with Gasteiger partial charge in [-0.2, -0.15) is 5.10 Å². The molecule has 1 aliphatic heterocycles. The molecule has 2 atom stereocenters. The molecule has 0 saturated heterocycles. The van der Waals surface area contributed by atoms with Crippen LogP contribution in [0.2, 0.25) is 0 Å². The molecular formula is C10H15N3O. The molecule has 0 spiro atoms. The van der Waals surface area contributed by atoms with E-state index in [9.17, 15) is 0 Å². The molecule has 1 fully saturated rings. The largest absolute Gasteiger partial charge is 0.382 e. The fraction of sp³-hybridized carbons (Fsp3) is 0.700. The van der Waals surface area contributed by atoms with Gasteiger partial charge in [-0.1, -0.05) is 0 Å². The summed E-state index contributed by atoms with van der Waals surface area (Å²) in [5.41, 5.74) is 6.59. The van der Waals surface area contributed by atoms with Crippen molar-refractivity contribution in [2.24, 2.45) is 0 Å². The second-order valence-corrected chi connectivity index (χ2v) is 4.71. The molecule has 1 saturated carbocycles. The molecule has 76 valence electrons. The molecule has 0 amide bonds. The van der Waals surface area contributed by atoms with Gasteiger partial charge in [-0.05, 0) is 26.7 Å². The van der Waals surface area contributed by atoms with E-state index in [0.717, 1.165) is 18.5 Å². The maximum absolute atomic E-state index is 6.00. The zero-order valence-corrected chi connectivity index (χ0v) is 8.53. The topological polar surface area (TPSA) is 53.1 Å². The Hall–Kier alpha value is -1.03. The van der Waals surface area contributed by atoms with E-state index in [1.807, 2.05) is 6.07 Å². The number of hydrogen-bond donors (Lipinski definition) is 1. The van der Waals surface area contributed by atoms with Crippen LogP contribution in [-0.4, -0.2) is 15.9 Å². The summed E-state index contributed by atoms with van der Waals surface area (Å²) >= 11 is 0. The summed E-state index contributed by atoms with van der Waals surface area (Å²) in [7, 11) is 0. The highest BCUT2D eigenvalue weighted by Gasteiger charge is 2.45. The molecule has 2 aliphatic rings. The fourth-order valence-corrected chi connectivity index (χ4v) is 2.42. The third-order valence-corrected chi connectivity index (χ3v) is 3.31. The summed E-state index contributed by atoms with van der Waals surface area (Å²) in [6.07, 6.45) is 2.65. The van der Waals surface area contributed by atoms with Crippen LogP contribution in [0.3, 0.4) is 0 Å². The lowest BCUT2D eigenvalue weighted by Gasteiger charge is -2.47. The van der Waals surface area contributed by atoms with Crippen LogP contribution in [0.4, 0.5) is 5.82 Å². The Morgan fingerprint density at radius 1 is 1.57 bits per heavy atom. The summed E-state index contributed by atoms with van der Waals surface area (Å²) in [6, 6.07) is 2.35. The molecule has 1 aromatic heterocycles. The Kier molecular flexibility index (Phi) is 1.37. The number of nitrogens with zero attached hydrogens (tertiary/aromatic N) is 2. The van der Waals surface area contributed by atoms with Crippen molar-refractivity contribution in [1.29, 1.82) is 0 Å². The third-order valence-electron chi connectivity index (χ3n) is 3.31.